The lowest BCUT2D eigenvalue weighted by Crippen LogP contribution is -2.48. The minimum Gasteiger partial charge on any atom is -0.389 e. The molecule has 0 radical (unpaired) electrons. The molecule has 0 spiro atoms. The number of nitrogens with zero attached hydrogens (tertiary/aromatic N) is 1. The first-order valence-electron chi connectivity index (χ1n) is 7.42. The predicted molar refractivity (Wildman–Crippen MR) is 69.9 cm³/mol. The first kappa shape index (κ1) is 11.7. The van der Waals surface area contributed by atoms with Crippen LogP contribution in [0.5, 0.6) is 0 Å². The van der Waals surface area contributed by atoms with Crippen LogP contribution in [0, 0.1) is 5.92 Å². The van der Waals surface area contributed by atoms with Gasteiger partial charge >= 0.3 is 0 Å². The Labute approximate surface area is 105 Å². The molecule has 96 valence electrons. The van der Waals surface area contributed by atoms with Crippen LogP contribution in [-0.4, -0.2) is 35.2 Å². The van der Waals surface area contributed by atoms with Crippen LogP contribution in [0.15, 0.2) is 11.1 Å². The maximum absolute atomic E-state index is 10.1. The molecule has 1 heterocycles. The molecule has 0 amide bonds. The van der Waals surface area contributed by atoms with Crippen molar-refractivity contribution in [2.24, 2.45) is 5.92 Å². The molecule has 0 bridgehead atoms. The third-order valence-corrected chi connectivity index (χ3v) is 5.19. The Morgan fingerprint density at radius 2 is 2.12 bits per heavy atom. The van der Waals surface area contributed by atoms with E-state index >= 15 is 0 Å². The van der Waals surface area contributed by atoms with E-state index < -0.39 is 0 Å². The maximum Gasteiger partial charge on any atom is 0.0753 e. The highest BCUT2D eigenvalue weighted by Gasteiger charge is 2.38. The number of likely N-dealkylation sites (tertiary alicyclic amines) is 1. The average Bonchev–Trinajstić information content (AvgIpc) is 2.36. The summed E-state index contributed by atoms with van der Waals surface area (Å²) in [4.78, 5) is 2.68. The van der Waals surface area contributed by atoms with E-state index in [4.69, 9.17) is 0 Å². The van der Waals surface area contributed by atoms with Crippen LogP contribution in [0.3, 0.4) is 0 Å². The fourth-order valence-electron chi connectivity index (χ4n) is 4.27. The molecule has 1 aliphatic heterocycles. The summed E-state index contributed by atoms with van der Waals surface area (Å²) < 4.78 is 0. The minimum atomic E-state index is -0.100. The minimum absolute atomic E-state index is 0.100. The molecule has 0 aromatic rings. The summed E-state index contributed by atoms with van der Waals surface area (Å²) >= 11 is 0. The van der Waals surface area contributed by atoms with Gasteiger partial charge in [0.05, 0.1) is 6.10 Å². The third kappa shape index (κ3) is 2.06. The van der Waals surface area contributed by atoms with Crippen molar-refractivity contribution in [3.8, 4) is 0 Å². The lowest BCUT2D eigenvalue weighted by Gasteiger charge is -2.46. The second-order valence-electron chi connectivity index (χ2n) is 6.04. The normalized spacial score (nSPS) is 38.8. The van der Waals surface area contributed by atoms with Gasteiger partial charge in [-0.05, 0) is 69.5 Å². The molecule has 1 N–H and O–H groups in total. The van der Waals surface area contributed by atoms with Crippen LogP contribution in [-0.2, 0) is 0 Å². The molecular weight excluding hydrogens is 210 g/mol. The zero-order valence-electron chi connectivity index (χ0n) is 11.0. The van der Waals surface area contributed by atoms with Gasteiger partial charge in [0.25, 0.3) is 0 Å². The van der Waals surface area contributed by atoms with Crippen LogP contribution in [0.1, 0.15) is 51.9 Å². The highest BCUT2D eigenvalue weighted by atomic mass is 16.3. The molecule has 1 saturated heterocycles. The molecular formula is C15H25NO. The van der Waals surface area contributed by atoms with E-state index in [-0.39, 0.29) is 6.10 Å². The van der Waals surface area contributed by atoms with E-state index in [0.29, 0.717) is 0 Å². The Morgan fingerprint density at radius 3 is 2.94 bits per heavy atom. The zero-order valence-corrected chi connectivity index (χ0v) is 11.0. The van der Waals surface area contributed by atoms with Crippen LogP contribution < -0.4 is 0 Å². The number of hydrogen-bond acceptors (Lipinski definition) is 2. The quantitative estimate of drug-likeness (QED) is 0.706. The van der Waals surface area contributed by atoms with E-state index in [1.165, 1.54) is 57.2 Å². The van der Waals surface area contributed by atoms with E-state index in [0.717, 1.165) is 18.4 Å². The van der Waals surface area contributed by atoms with Crippen molar-refractivity contribution in [1.82, 2.24) is 4.90 Å². The van der Waals surface area contributed by atoms with Gasteiger partial charge in [0.15, 0.2) is 0 Å². The van der Waals surface area contributed by atoms with Gasteiger partial charge < -0.3 is 10.0 Å². The van der Waals surface area contributed by atoms with Gasteiger partial charge in [-0.1, -0.05) is 12.5 Å². The monoisotopic (exact) mass is 235 g/mol. The Morgan fingerprint density at radius 1 is 1.24 bits per heavy atom. The fourth-order valence-corrected chi connectivity index (χ4v) is 4.27. The molecule has 2 heteroatoms. The number of fused-ring (bicyclic) bond motifs is 1. The van der Waals surface area contributed by atoms with Gasteiger partial charge in [0, 0.05) is 6.04 Å². The summed E-state index contributed by atoms with van der Waals surface area (Å²) in [5, 5.41) is 10.1. The van der Waals surface area contributed by atoms with Crippen molar-refractivity contribution in [2.75, 3.05) is 13.1 Å². The largest absolute Gasteiger partial charge is 0.389 e. The lowest BCUT2D eigenvalue weighted by atomic mass is 9.70. The Bertz CT molecular complexity index is 323. The first-order chi connectivity index (χ1) is 8.29. The van der Waals surface area contributed by atoms with E-state index in [9.17, 15) is 5.11 Å². The lowest BCUT2D eigenvalue weighted by molar-refractivity contribution is 0.0766. The van der Waals surface area contributed by atoms with Gasteiger partial charge in [0.2, 0.25) is 0 Å². The van der Waals surface area contributed by atoms with Crippen molar-refractivity contribution < 1.29 is 5.11 Å². The van der Waals surface area contributed by atoms with E-state index in [2.05, 4.69) is 11.8 Å². The van der Waals surface area contributed by atoms with Crippen LogP contribution in [0.4, 0.5) is 0 Å². The molecule has 1 fully saturated rings. The number of piperidine rings is 1. The SMILES string of the molecule is CCN1CCC[C@@H]2CC3=C(CCCC3O)C[C@H]21. The van der Waals surface area contributed by atoms with Gasteiger partial charge in [-0.25, -0.2) is 0 Å². The smallest absolute Gasteiger partial charge is 0.0753 e. The second kappa shape index (κ2) is 4.74. The number of aliphatic hydroxyl groups excluding tert-OH is 1. The molecule has 3 aliphatic rings. The second-order valence-corrected chi connectivity index (χ2v) is 6.04. The standard InChI is InChI=1S/C15H25NO/c1-2-16-8-4-6-12-9-13-11(10-14(12)16)5-3-7-15(13)17/h12,14-15,17H,2-10H2,1H3/t12-,14-,15?/m1/s1. The van der Waals surface area contributed by atoms with Gasteiger partial charge in [-0.3, -0.25) is 0 Å². The highest BCUT2D eigenvalue weighted by Crippen LogP contribution is 2.43. The number of rotatable bonds is 1. The van der Waals surface area contributed by atoms with Gasteiger partial charge in [-0.15, -0.1) is 0 Å². The number of aliphatic hydroxyl groups is 1. The summed E-state index contributed by atoms with van der Waals surface area (Å²) in [5.74, 6) is 0.829. The van der Waals surface area contributed by atoms with Crippen LogP contribution >= 0.6 is 0 Å². The van der Waals surface area contributed by atoms with Gasteiger partial charge in [0.1, 0.15) is 0 Å². The summed E-state index contributed by atoms with van der Waals surface area (Å²) in [6.07, 6.45) is 8.54. The summed E-state index contributed by atoms with van der Waals surface area (Å²) in [5.41, 5.74) is 3.06. The van der Waals surface area contributed by atoms with Gasteiger partial charge in [-0.2, -0.15) is 0 Å². The third-order valence-electron chi connectivity index (χ3n) is 5.19. The van der Waals surface area contributed by atoms with E-state index in [1.807, 2.05) is 0 Å². The topological polar surface area (TPSA) is 23.5 Å². The number of hydrogen-bond donors (Lipinski definition) is 1. The zero-order chi connectivity index (χ0) is 11.8. The molecule has 1 unspecified atom stereocenters. The van der Waals surface area contributed by atoms with Crippen LogP contribution in [0.2, 0.25) is 0 Å². The van der Waals surface area contributed by atoms with E-state index in [1.54, 1.807) is 5.57 Å². The molecule has 2 nitrogen and oxygen atoms in total. The molecule has 0 aromatic carbocycles. The fraction of sp³-hybridized carbons (Fsp3) is 0.867. The summed E-state index contributed by atoms with van der Waals surface area (Å²) in [6.45, 7) is 4.79. The van der Waals surface area contributed by atoms with Crippen molar-refractivity contribution in [1.29, 1.82) is 0 Å². The van der Waals surface area contributed by atoms with Crippen molar-refractivity contribution >= 4 is 0 Å². The molecule has 2 aliphatic carbocycles. The van der Waals surface area contributed by atoms with Crippen LogP contribution in [0.25, 0.3) is 0 Å². The highest BCUT2D eigenvalue weighted by molar-refractivity contribution is 5.26. The Kier molecular flexibility index (Phi) is 3.27. The summed E-state index contributed by atoms with van der Waals surface area (Å²) in [7, 11) is 0. The molecule has 3 rings (SSSR count). The average molecular weight is 235 g/mol. The van der Waals surface area contributed by atoms with Crippen molar-refractivity contribution in [2.45, 2.75) is 64.0 Å². The molecule has 0 aromatic heterocycles. The summed E-state index contributed by atoms with van der Waals surface area (Å²) in [6, 6.07) is 0.790. The molecule has 17 heavy (non-hydrogen) atoms. The predicted octanol–water partition coefficient (Wildman–Crippen LogP) is 2.72. The Balaban J connectivity index is 1.83. The molecule has 3 atom stereocenters. The Hall–Kier alpha value is -0.340. The van der Waals surface area contributed by atoms with Crippen molar-refractivity contribution in [3.63, 3.8) is 0 Å². The molecule has 0 saturated carbocycles. The van der Waals surface area contributed by atoms with Crippen molar-refractivity contribution in [3.05, 3.63) is 11.1 Å². The maximum atomic E-state index is 10.1. The first-order valence-corrected chi connectivity index (χ1v) is 7.42.